The van der Waals surface area contributed by atoms with Gasteiger partial charge in [0.25, 0.3) is 0 Å². The number of terminal acetylenes is 1. The number of piperazine rings is 1. The van der Waals surface area contributed by atoms with Crippen LogP contribution in [0.5, 0.6) is 0 Å². The van der Waals surface area contributed by atoms with Crippen molar-refractivity contribution in [2.24, 2.45) is 5.92 Å². The van der Waals surface area contributed by atoms with Crippen LogP contribution in [0.1, 0.15) is 13.8 Å². The van der Waals surface area contributed by atoms with Crippen molar-refractivity contribution in [2.45, 2.75) is 13.8 Å². The highest BCUT2D eigenvalue weighted by atomic mass is 16.5. The molecule has 0 spiro atoms. The molecular formula is C13H24N2O. The third-order valence-corrected chi connectivity index (χ3v) is 2.78. The molecule has 0 aromatic heterocycles. The molecule has 0 aliphatic carbocycles. The molecule has 1 fully saturated rings. The van der Waals surface area contributed by atoms with Crippen LogP contribution in [0.2, 0.25) is 0 Å². The minimum absolute atomic E-state index is 0.632. The lowest BCUT2D eigenvalue weighted by Gasteiger charge is -2.33. The molecule has 0 radical (unpaired) electrons. The van der Waals surface area contributed by atoms with Crippen LogP contribution in [-0.4, -0.2) is 62.3 Å². The Bertz CT molecular complexity index is 214. The van der Waals surface area contributed by atoms with Crippen molar-refractivity contribution in [2.75, 3.05) is 52.5 Å². The lowest BCUT2D eigenvalue weighted by molar-refractivity contribution is 0.0671. The zero-order valence-corrected chi connectivity index (χ0v) is 10.6. The fourth-order valence-electron chi connectivity index (χ4n) is 1.81. The van der Waals surface area contributed by atoms with Crippen molar-refractivity contribution in [1.82, 2.24) is 9.80 Å². The summed E-state index contributed by atoms with van der Waals surface area (Å²) >= 11 is 0. The Hall–Kier alpha value is -0.560. The second kappa shape index (κ2) is 7.67. The molecule has 0 amide bonds. The molecule has 1 heterocycles. The summed E-state index contributed by atoms with van der Waals surface area (Å²) in [7, 11) is 0. The maximum absolute atomic E-state index is 5.58. The van der Waals surface area contributed by atoms with E-state index < -0.39 is 0 Å². The van der Waals surface area contributed by atoms with E-state index in [2.05, 4.69) is 29.6 Å². The number of hydrogen-bond donors (Lipinski definition) is 0. The molecule has 1 rings (SSSR count). The maximum Gasteiger partial charge on any atom is 0.0599 e. The number of nitrogens with zero attached hydrogens (tertiary/aromatic N) is 2. The predicted octanol–water partition coefficient (Wildman–Crippen LogP) is 0.910. The monoisotopic (exact) mass is 224 g/mol. The van der Waals surface area contributed by atoms with Crippen LogP contribution < -0.4 is 0 Å². The molecule has 0 N–H and O–H groups in total. The van der Waals surface area contributed by atoms with Crippen LogP contribution in [0.3, 0.4) is 0 Å². The average molecular weight is 224 g/mol. The largest absolute Gasteiger partial charge is 0.380 e. The molecule has 92 valence electrons. The van der Waals surface area contributed by atoms with Gasteiger partial charge in [0.2, 0.25) is 0 Å². The summed E-state index contributed by atoms with van der Waals surface area (Å²) in [5.41, 5.74) is 0. The first kappa shape index (κ1) is 13.5. The Morgan fingerprint density at radius 2 is 1.81 bits per heavy atom. The molecule has 1 aliphatic heterocycles. The van der Waals surface area contributed by atoms with Gasteiger partial charge in [-0.15, -0.1) is 6.42 Å². The summed E-state index contributed by atoms with van der Waals surface area (Å²) in [6.07, 6.45) is 5.30. The topological polar surface area (TPSA) is 15.7 Å². The Labute approximate surface area is 99.7 Å². The minimum Gasteiger partial charge on any atom is -0.380 e. The fraction of sp³-hybridized carbons (Fsp3) is 0.846. The zero-order valence-electron chi connectivity index (χ0n) is 10.6. The molecule has 16 heavy (non-hydrogen) atoms. The van der Waals surface area contributed by atoms with Gasteiger partial charge in [-0.05, 0) is 5.92 Å². The van der Waals surface area contributed by atoms with Crippen molar-refractivity contribution in [3.63, 3.8) is 0 Å². The quantitative estimate of drug-likeness (QED) is 0.493. The molecule has 0 aromatic carbocycles. The Kier molecular flexibility index (Phi) is 6.47. The predicted molar refractivity (Wildman–Crippen MR) is 67.4 cm³/mol. The number of ether oxygens (including phenoxy) is 1. The van der Waals surface area contributed by atoms with E-state index in [4.69, 9.17) is 11.2 Å². The standard InChI is InChI=1S/C13H24N2O/c1-4-5-14-6-8-15(9-7-14)10-11-16-12-13(2)3/h1,13H,5-12H2,2-3H3. The van der Waals surface area contributed by atoms with Crippen LogP contribution in [0.15, 0.2) is 0 Å². The van der Waals surface area contributed by atoms with Crippen LogP contribution >= 0.6 is 0 Å². The smallest absolute Gasteiger partial charge is 0.0599 e. The summed E-state index contributed by atoms with van der Waals surface area (Å²) in [6, 6.07) is 0. The van der Waals surface area contributed by atoms with Crippen molar-refractivity contribution < 1.29 is 4.74 Å². The Balaban J connectivity index is 2.02. The van der Waals surface area contributed by atoms with Gasteiger partial charge in [-0.25, -0.2) is 0 Å². The molecule has 0 atom stereocenters. The van der Waals surface area contributed by atoms with E-state index in [1.54, 1.807) is 0 Å². The van der Waals surface area contributed by atoms with Crippen molar-refractivity contribution in [3.8, 4) is 12.3 Å². The SMILES string of the molecule is C#CCN1CCN(CCOCC(C)C)CC1. The van der Waals surface area contributed by atoms with Gasteiger partial charge in [0.1, 0.15) is 0 Å². The van der Waals surface area contributed by atoms with E-state index in [1.165, 1.54) is 0 Å². The van der Waals surface area contributed by atoms with Crippen LogP contribution in [0.4, 0.5) is 0 Å². The van der Waals surface area contributed by atoms with Gasteiger partial charge in [-0.3, -0.25) is 9.80 Å². The molecule has 3 heteroatoms. The highest BCUT2D eigenvalue weighted by molar-refractivity contribution is 4.89. The van der Waals surface area contributed by atoms with Crippen molar-refractivity contribution in [1.29, 1.82) is 0 Å². The zero-order chi connectivity index (χ0) is 11.8. The molecule has 0 unspecified atom stereocenters. The van der Waals surface area contributed by atoms with Gasteiger partial charge in [0, 0.05) is 39.3 Å². The maximum atomic E-state index is 5.58. The van der Waals surface area contributed by atoms with Crippen molar-refractivity contribution >= 4 is 0 Å². The minimum atomic E-state index is 0.632. The van der Waals surface area contributed by atoms with E-state index in [0.717, 1.165) is 52.5 Å². The first-order valence-electron chi connectivity index (χ1n) is 6.18. The lowest BCUT2D eigenvalue weighted by atomic mass is 10.2. The van der Waals surface area contributed by atoms with Crippen molar-refractivity contribution in [3.05, 3.63) is 0 Å². The number of rotatable bonds is 6. The Morgan fingerprint density at radius 3 is 2.38 bits per heavy atom. The van der Waals surface area contributed by atoms with E-state index in [0.29, 0.717) is 5.92 Å². The summed E-state index contributed by atoms with van der Waals surface area (Å²) in [5, 5.41) is 0. The first-order chi connectivity index (χ1) is 7.72. The Morgan fingerprint density at radius 1 is 1.19 bits per heavy atom. The average Bonchev–Trinajstić information content (AvgIpc) is 2.27. The molecule has 3 nitrogen and oxygen atoms in total. The summed E-state index contributed by atoms with van der Waals surface area (Å²) in [6.45, 7) is 12.3. The summed E-state index contributed by atoms with van der Waals surface area (Å²) in [5.74, 6) is 3.33. The van der Waals surface area contributed by atoms with E-state index in [9.17, 15) is 0 Å². The molecule has 0 aromatic rings. The normalized spacial score (nSPS) is 18.9. The van der Waals surface area contributed by atoms with Crippen LogP contribution in [-0.2, 0) is 4.74 Å². The molecule has 1 aliphatic rings. The van der Waals surface area contributed by atoms with E-state index in [-0.39, 0.29) is 0 Å². The molecule has 0 bridgehead atoms. The third-order valence-electron chi connectivity index (χ3n) is 2.78. The second-order valence-electron chi connectivity index (χ2n) is 4.79. The molecule has 0 saturated carbocycles. The van der Waals surface area contributed by atoms with Gasteiger partial charge in [-0.1, -0.05) is 19.8 Å². The highest BCUT2D eigenvalue weighted by Gasteiger charge is 2.15. The van der Waals surface area contributed by atoms with Crippen LogP contribution in [0.25, 0.3) is 0 Å². The van der Waals surface area contributed by atoms with Gasteiger partial charge in [0.15, 0.2) is 0 Å². The highest BCUT2D eigenvalue weighted by Crippen LogP contribution is 2.01. The third kappa shape index (κ3) is 5.50. The summed E-state index contributed by atoms with van der Waals surface area (Å²) < 4.78 is 5.58. The van der Waals surface area contributed by atoms with E-state index in [1.807, 2.05) is 0 Å². The fourth-order valence-corrected chi connectivity index (χ4v) is 1.81. The lowest BCUT2D eigenvalue weighted by Crippen LogP contribution is -2.47. The second-order valence-corrected chi connectivity index (χ2v) is 4.79. The molecule has 1 saturated heterocycles. The van der Waals surface area contributed by atoms with E-state index >= 15 is 0 Å². The van der Waals surface area contributed by atoms with Gasteiger partial charge in [0.05, 0.1) is 13.2 Å². The summed E-state index contributed by atoms with van der Waals surface area (Å²) in [4.78, 5) is 4.78. The van der Waals surface area contributed by atoms with Crippen LogP contribution in [0, 0.1) is 18.3 Å². The van der Waals surface area contributed by atoms with Gasteiger partial charge >= 0.3 is 0 Å². The number of hydrogen-bond acceptors (Lipinski definition) is 3. The first-order valence-corrected chi connectivity index (χ1v) is 6.18. The van der Waals surface area contributed by atoms with Gasteiger partial charge < -0.3 is 4.74 Å². The molecular weight excluding hydrogens is 200 g/mol. The van der Waals surface area contributed by atoms with Gasteiger partial charge in [-0.2, -0.15) is 0 Å².